The van der Waals surface area contributed by atoms with Gasteiger partial charge in [-0.05, 0) is 52.1 Å². The molecule has 3 fully saturated rings. The second-order valence-corrected chi connectivity index (χ2v) is 8.17. The van der Waals surface area contributed by atoms with Crippen LogP contribution >= 0.6 is 0 Å². The summed E-state index contributed by atoms with van der Waals surface area (Å²) in [5.74, 6) is 0.723. The Kier molecular flexibility index (Phi) is 5.48. The first-order valence-corrected chi connectivity index (χ1v) is 10.4. The molecule has 1 saturated carbocycles. The molecule has 3 aliphatic rings. The van der Waals surface area contributed by atoms with E-state index in [0.29, 0.717) is 30.5 Å². The maximum atomic E-state index is 12.9. The molecule has 2 saturated heterocycles. The Bertz CT molecular complexity index is 679. The molecule has 27 heavy (non-hydrogen) atoms. The third-order valence-corrected chi connectivity index (χ3v) is 6.15. The van der Waals surface area contributed by atoms with E-state index in [1.807, 2.05) is 4.90 Å². The van der Waals surface area contributed by atoms with E-state index in [0.717, 1.165) is 45.4 Å². The monoisotopic (exact) mass is 374 g/mol. The van der Waals surface area contributed by atoms with Crippen LogP contribution in [0.1, 0.15) is 54.8 Å². The summed E-state index contributed by atoms with van der Waals surface area (Å²) in [6.07, 6.45) is 8.05. The van der Waals surface area contributed by atoms with Crippen molar-refractivity contribution in [3.05, 3.63) is 17.8 Å². The van der Waals surface area contributed by atoms with Gasteiger partial charge in [0, 0.05) is 32.1 Å². The first-order valence-electron chi connectivity index (χ1n) is 10.4. The molecule has 7 heteroatoms. The van der Waals surface area contributed by atoms with Gasteiger partial charge in [-0.25, -0.2) is 4.98 Å². The number of piperidine rings is 1. The van der Waals surface area contributed by atoms with Crippen molar-refractivity contribution in [2.24, 2.45) is 5.92 Å². The summed E-state index contributed by atoms with van der Waals surface area (Å²) in [7, 11) is 0. The Hall–Kier alpha value is -1.89. The van der Waals surface area contributed by atoms with Crippen LogP contribution in [0.3, 0.4) is 0 Å². The average molecular weight is 374 g/mol. The van der Waals surface area contributed by atoms with Crippen LogP contribution in [0.2, 0.25) is 0 Å². The molecule has 148 valence electrons. The molecule has 0 spiro atoms. The SMILES string of the molecule is Cc1ncoc1C(=O)N1CCC(N(CCN2CCCCC2)C(=O)C2CC2)C1. The Morgan fingerprint density at radius 2 is 1.96 bits per heavy atom. The third kappa shape index (κ3) is 4.18. The number of carbonyl (C=O) groups excluding carboxylic acids is 2. The van der Waals surface area contributed by atoms with Crippen LogP contribution in [0.25, 0.3) is 0 Å². The third-order valence-electron chi connectivity index (χ3n) is 6.15. The number of oxazole rings is 1. The molecule has 0 N–H and O–H groups in total. The van der Waals surface area contributed by atoms with Crippen LogP contribution in [0.4, 0.5) is 0 Å². The average Bonchev–Trinajstić information content (AvgIpc) is 3.27. The van der Waals surface area contributed by atoms with Gasteiger partial charge in [-0.15, -0.1) is 0 Å². The standard InChI is InChI=1S/C20H30N4O3/c1-15-18(27-14-21-15)20(26)23-10-7-17(13-23)24(19(25)16-5-6-16)12-11-22-8-3-2-4-9-22/h14,16-17H,2-13H2,1H3. The smallest absolute Gasteiger partial charge is 0.291 e. The fraction of sp³-hybridized carbons (Fsp3) is 0.750. The molecule has 1 aliphatic carbocycles. The van der Waals surface area contributed by atoms with Crippen molar-refractivity contribution in [1.29, 1.82) is 0 Å². The van der Waals surface area contributed by atoms with E-state index in [-0.39, 0.29) is 17.9 Å². The minimum absolute atomic E-state index is 0.109. The van der Waals surface area contributed by atoms with E-state index < -0.39 is 0 Å². The summed E-state index contributed by atoms with van der Waals surface area (Å²) in [5, 5.41) is 0. The molecule has 4 rings (SSSR count). The highest BCUT2D eigenvalue weighted by Gasteiger charge is 2.40. The summed E-state index contributed by atoms with van der Waals surface area (Å²) < 4.78 is 5.27. The van der Waals surface area contributed by atoms with E-state index in [2.05, 4.69) is 14.8 Å². The highest BCUT2D eigenvalue weighted by Crippen LogP contribution is 2.33. The van der Waals surface area contributed by atoms with Crippen LogP contribution in [0.15, 0.2) is 10.8 Å². The zero-order chi connectivity index (χ0) is 18.8. The van der Waals surface area contributed by atoms with Gasteiger partial charge in [0.05, 0.1) is 11.7 Å². The zero-order valence-corrected chi connectivity index (χ0v) is 16.2. The summed E-state index contributed by atoms with van der Waals surface area (Å²) in [6.45, 7) is 7.07. The summed E-state index contributed by atoms with van der Waals surface area (Å²) >= 11 is 0. The Morgan fingerprint density at radius 1 is 1.19 bits per heavy atom. The van der Waals surface area contributed by atoms with Crippen molar-refractivity contribution < 1.29 is 14.0 Å². The summed E-state index contributed by atoms with van der Waals surface area (Å²) in [6, 6.07) is 0.120. The van der Waals surface area contributed by atoms with Crippen molar-refractivity contribution in [3.63, 3.8) is 0 Å². The second-order valence-electron chi connectivity index (χ2n) is 8.17. The molecular formula is C20H30N4O3. The van der Waals surface area contributed by atoms with Crippen molar-refractivity contribution in [1.82, 2.24) is 19.7 Å². The Labute approximate surface area is 160 Å². The number of carbonyl (C=O) groups is 2. The number of amides is 2. The number of hydrogen-bond acceptors (Lipinski definition) is 5. The minimum Gasteiger partial charge on any atom is -0.438 e. The normalized spacial score (nSPS) is 23.6. The molecule has 1 aromatic rings. The van der Waals surface area contributed by atoms with E-state index in [9.17, 15) is 9.59 Å². The molecule has 2 aliphatic heterocycles. The van der Waals surface area contributed by atoms with Gasteiger partial charge in [0.1, 0.15) is 0 Å². The molecule has 1 aromatic heterocycles. The van der Waals surface area contributed by atoms with Gasteiger partial charge >= 0.3 is 0 Å². The lowest BCUT2D eigenvalue weighted by Crippen LogP contribution is -2.47. The highest BCUT2D eigenvalue weighted by atomic mass is 16.3. The first-order chi connectivity index (χ1) is 13.1. The van der Waals surface area contributed by atoms with Crippen molar-refractivity contribution in [3.8, 4) is 0 Å². The predicted molar refractivity (Wildman–Crippen MR) is 100 cm³/mol. The topological polar surface area (TPSA) is 69.9 Å². The molecular weight excluding hydrogens is 344 g/mol. The number of hydrogen-bond donors (Lipinski definition) is 0. The quantitative estimate of drug-likeness (QED) is 0.761. The predicted octanol–water partition coefficient (Wildman–Crippen LogP) is 1.92. The molecule has 0 bridgehead atoms. The Balaban J connectivity index is 1.38. The van der Waals surface area contributed by atoms with Gasteiger partial charge in [0.25, 0.3) is 5.91 Å². The van der Waals surface area contributed by atoms with Gasteiger partial charge < -0.3 is 19.1 Å². The van der Waals surface area contributed by atoms with Crippen LogP contribution < -0.4 is 0 Å². The molecule has 7 nitrogen and oxygen atoms in total. The molecule has 0 radical (unpaired) electrons. The highest BCUT2D eigenvalue weighted by molar-refractivity contribution is 5.92. The van der Waals surface area contributed by atoms with Gasteiger partial charge in [0.15, 0.2) is 6.39 Å². The van der Waals surface area contributed by atoms with Crippen LogP contribution in [-0.2, 0) is 4.79 Å². The fourth-order valence-corrected chi connectivity index (χ4v) is 4.30. The molecule has 0 aromatic carbocycles. The lowest BCUT2D eigenvalue weighted by molar-refractivity contribution is -0.135. The number of rotatable bonds is 6. The minimum atomic E-state index is -0.109. The van der Waals surface area contributed by atoms with E-state index in [4.69, 9.17) is 4.42 Å². The number of aryl methyl sites for hydroxylation is 1. The number of nitrogens with zero attached hydrogens (tertiary/aromatic N) is 4. The fourth-order valence-electron chi connectivity index (χ4n) is 4.30. The number of likely N-dealkylation sites (tertiary alicyclic amines) is 2. The molecule has 3 heterocycles. The van der Waals surface area contributed by atoms with Crippen molar-refractivity contribution in [2.45, 2.75) is 51.5 Å². The zero-order valence-electron chi connectivity index (χ0n) is 16.2. The lowest BCUT2D eigenvalue weighted by Gasteiger charge is -2.33. The van der Waals surface area contributed by atoms with Gasteiger partial charge in [-0.3, -0.25) is 9.59 Å². The van der Waals surface area contributed by atoms with Crippen molar-refractivity contribution in [2.75, 3.05) is 39.3 Å². The first kappa shape index (κ1) is 18.5. The van der Waals surface area contributed by atoms with Crippen LogP contribution in [0, 0.1) is 12.8 Å². The van der Waals surface area contributed by atoms with E-state index in [1.54, 1.807) is 6.92 Å². The maximum absolute atomic E-state index is 12.9. The lowest BCUT2D eigenvalue weighted by atomic mass is 10.1. The number of aromatic nitrogens is 1. The molecule has 1 atom stereocenters. The molecule has 1 unspecified atom stereocenters. The van der Waals surface area contributed by atoms with Gasteiger partial charge in [-0.1, -0.05) is 6.42 Å². The van der Waals surface area contributed by atoms with Crippen molar-refractivity contribution >= 4 is 11.8 Å². The summed E-state index contributed by atoms with van der Waals surface area (Å²) in [4.78, 5) is 36.0. The Morgan fingerprint density at radius 3 is 2.63 bits per heavy atom. The largest absolute Gasteiger partial charge is 0.438 e. The second kappa shape index (κ2) is 8.00. The molecule has 2 amide bonds. The van der Waals surface area contributed by atoms with Gasteiger partial charge in [-0.2, -0.15) is 0 Å². The maximum Gasteiger partial charge on any atom is 0.291 e. The van der Waals surface area contributed by atoms with Crippen LogP contribution in [0.5, 0.6) is 0 Å². The van der Waals surface area contributed by atoms with E-state index >= 15 is 0 Å². The van der Waals surface area contributed by atoms with E-state index in [1.165, 1.54) is 25.7 Å². The summed E-state index contributed by atoms with van der Waals surface area (Å²) in [5.41, 5.74) is 0.625. The van der Waals surface area contributed by atoms with Crippen LogP contribution in [-0.4, -0.2) is 76.8 Å². The van der Waals surface area contributed by atoms with Gasteiger partial charge in [0.2, 0.25) is 11.7 Å².